The van der Waals surface area contributed by atoms with Crippen molar-refractivity contribution < 1.29 is 8.42 Å². The standard InChI is InChI=1S/C7H14N2O2S/c1-9-5-2-3-7(9)4-6-12(8,10)11/h4,6-7H,2-3,5H2,1H3,(H2,8,10,11). The third-order valence-corrected chi connectivity index (χ3v) is 2.60. The predicted octanol–water partition coefficient (Wildman–Crippen LogP) is -0.117. The Hall–Kier alpha value is -0.390. The van der Waals surface area contributed by atoms with E-state index in [0.29, 0.717) is 0 Å². The van der Waals surface area contributed by atoms with Gasteiger partial charge in [-0.25, -0.2) is 13.6 Å². The molecule has 1 saturated heterocycles. The fourth-order valence-corrected chi connectivity index (χ4v) is 1.78. The third-order valence-electron chi connectivity index (χ3n) is 2.07. The van der Waals surface area contributed by atoms with Crippen LogP contribution in [0.4, 0.5) is 0 Å². The summed E-state index contributed by atoms with van der Waals surface area (Å²) in [4.78, 5) is 2.11. The topological polar surface area (TPSA) is 63.4 Å². The van der Waals surface area contributed by atoms with E-state index in [9.17, 15) is 8.42 Å². The molecule has 0 radical (unpaired) electrons. The van der Waals surface area contributed by atoms with Gasteiger partial charge in [-0.05, 0) is 26.4 Å². The van der Waals surface area contributed by atoms with Crippen LogP contribution in [-0.2, 0) is 10.0 Å². The molecule has 0 bridgehead atoms. The molecule has 2 N–H and O–H groups in total. The van der Waals surface area contributed by atoms with Crippen LogP contribution in [0.3, 0.4) is 0 Å². The normalized spacial score (nSPS) is 27.0. The van der Waals surface area contributed by atoms with Crippen LogP contribution < -0.4 is 5.14 Å². The molecular formula is C7H14N2O2S. The largest absolute Gasteiger partial charge is 0.300 e. The summed E-state index contributed by atoms with van der Waals surface area (Å²) in [6, 6.07) is 0.239. The Balaban J connectivity index is 2.56. The van der Waals surface area contributed by atoms with E-state index < -0.39 is 10.0 Å². The minimum Gasteiger partial charge on any atom is -0.300 e. The smallest absolute Gasteiger partial charge is 0.230 e. The van der Waals surface area contributed by atoms with Crippen molar-refractivity contribution in [1.82, 2.24) is 4.90 Å². The Bertz CT molecular complexity index is 271. The summed E-state index contributed by atoms with van der Waals surface area (Å²) in [5.74, 6) is 0. The quantitative estimate of drug-likeness (QED) is 0.660. The number of rotatable bonds is 2. The van der Waals surface area contributed by atoms with E-state index in [-0.39, 0.29) is 6.04 Å². The first-order chi connectivity index (χ1) is 5.49. The van der Waals surface area contributed by atoms with Gasteiger partial charge in [0.25, 0.3) is 0 Å². The second-order valence-electron chi connectivity index (χ2n) is 3.11. The van der Waals surface area contributed by atoms with Crippen LogP contribution in [0.2, 0.25) is 0 Å². The van der Waals surface area contributed by atoms with Crippen molar-refractivity contribution in [2.24, 2.45) is 5.14 Å². The highest BCUT2D eigenvalue weighted by atomic mass is 32.2. The van der Waals surface area contributed by atoms with Crippen LogP contribution in [0.5, 0.6) is 0 Å². The zero-order valence-electron chi connectivity index (χ0n) is 7.10. The number of likely N-dealkylation sites (tertiary alicyclic amines) is 1. The van der Waals surface area contributed by atoms with Crippen LogP contribution in [0, 0.1) is 0 Å². The van der Waals surface area contributed by atoms with E-state index in [1.807, 2.05) is 7.05 Å². The molecule has 1 rings (SSSR count). The van der Waals surface area contributed by atoms with Crippen LogP contribution in [-0.4, -0.2) is 33.0 Å². The molecule has 0 aromatic carbocycles. The summed E-state index contributed by atoms with van der Waals surface area (Å²) in [5.41, 5.74) is 0. The molecule has 1 aliphatic heterocycles. The Labute approximate surface area is 73.1 Å². The van der Waals surface area contributed by atoms with E-state index in [4.69, 9.17) is 5.14 Å². The van der Waals surface area contributed by atoms with E-state index in [1.54, 1.807) is 6.08 Å². The van der Waals surface area contributed by atoms with Gasteiger partial charge < -0.3 is 0 Å². The Morgan fingerprint density at radius 3 is 2.67 bits per heavy atom. The first-order valence-corrected chi connectivity index (χ1v) is 5.51. The van der Waals surface area contributed by atoms with Crippen LogP contribution in [0.25, 0.3) is 0 Å². The van der Waals surface area contributed by atoms with Gasteiger partial charge in [0.2, 0.25) is 10.0 Å². The Morgan fingerprint density at radius 2 is 2.25 bits per heavy atom. The molecule has 1 heterocycles. The lowest BCUT2D eigenvalue weighted by Crippen LogP contribution is -2.23. The van der Waals surface area contributed by atoms with Crippen molar-refractivity contribution in [2.45, 2.75) is 18.9 Å². The van der Waals surface area contributed by atoms with E-state index in [1.165, 1.54) is 0 Å². The number of hydrogen-bond donors (Lipinski definition) is 1. The first kappa shape index (κ1) is 9.70. The van der Waals surface area contributed by atoms with Crippen molar-refractivity contribution >= 4 is 10.0 Å². The van der Waals surface area contributed by atoms with Gasteiger partial charge in [-0.2, -0.15) is 0 Å². The lowest BCUT2D eigenvalue weighted by atomic mass is 10.2. The van der Waals surface area contributed by atoms with E-state index >= 15 is 0 Å². The van der Waals surface area contributed by atoms with Gasteiger partial charge in [0.15, 0.2) is 0 Å². The van der Waals surface area contributed by atoms with Crippen LogP contribution in [0.15, 0.2) is 11.5 Å². The van der Waals surface area contributed by atoms with Crippen molar-refractivity contribution in [3.63, 3.8) is 0 Å². The molecule has 4 nitrogen and oxygen atoms in total. The van der Waals surface area contributed by atoms with Gasteiger partial charge in [0.05, 0.1) is 0 Å². The molecule has 5 heteroatoms. The second-order valence-corrected chi connectivity index (χ2v) is 4.56. The molecule has 0 aromatic rings. The van der Waals surface area contributed by atoms with Gasteiger partial charge in [-0.3, -0.25) is 4.90 Å². The number of likely N-dealkylation sites (N-methyl/N-ethyl adjacent to an activating group) is 1. The average molecular weight is 190 g/mol. The van der Waals surface area contributed by atoms with Crippen molar-refractivity contribution in [3.05, 3.63) is 11.5 Å². The number of nitrogens with two attached hydrogens (primary N) is 1. The minimum atomic E-state index is -3.44. The summed E-state index contributed by atoms with van der Waals surface area (Å²) >= 11 is 0. The van der Waals surface area contributed by atoms with Crippen LogP contribution in [0.1, 0.15) is 12.8 Å². The lowest BCUT2D eigenvalue weighted by molar-refractivity contribution is 0.357. The summed E-state index contributed by atoms with van der Waals surface area (Å²) in [5, 5.41) is 5.91. The highest BCUT2D eigenvalue weighted by molar-refractivity contribution is 7.92. The molecule has 0 aliphatic carbocycles. The predicted molar refractivity (Wildman–Crippen MR) is 47.9 cm³/mol. The highest BCUT2D eigenvalue weighted by Crippen LogP contribution is 2.15. The maximum atomic E-state index is 10.6. The molecule has 1 fully saturated rings. The molecule has 0 saturated carbocycles. The zero-order chi connectivity index (χ0) is 9.19. The molecule has 0 amide bonds. The number of nitrogens with zero attached hydrogens (tertiary/aromatic N) is 1. The van der Waals surface area contributed by atoms with Gasteiger partial charge in [-0.15, -0.1) is 0 Å². The molecular weight excluding hydrogens is 176 g/mol. The minimum absolute atomic E-state index is 0.239. The average Bonchev–Trinajstić information content (AvgIpc) is 2.29. The highest BCUT2D eigenvalue weighted by Gasteiger charge is 2.17. The summed E-state index contributed by atoms with van der Waals surface area (Å²) in [6.07, 6.45) is 3.79. The lowest BCUT2D eigenvalue weighted by Gasteiger charge is -2.14. The molecule has 12 heavy (non-hydrogen) atoms. The number of primary sulfonamides is 1. The fraction of sp³-hybridized carbons (Fsp3) is 0.714. The maximum absolute atomic E-state index is 10.6. The first-order valence-electron chi connectivity index (χ1n) is 3.90. The fourth-order valence-electron chi connectivity index (χ4n) is 1.38. The van der Waals surface area contributed by atoms with Gasteiger partial charge in [-0.1, -0.05) is 6.08 Å². The second kappa shape index (κ2) is 3.55. The zero-order valence-corrected chi connectivity index (χ0v) is 7.92. The molecule has 0 spiro atoms. The van der Waals surface area contributed by atoms with E-state index in [2.05, 4.69) is 4.90 Å². The third kappa shape index (κ3) is 2.92. The summed E-state index contributed by atoms with van der Waals surface area (Å²) < 4.78 is 21.1. The number of hydrogen-bond acceptors (Lipinski definition) is 3. The van der Waals surface area contributed by atoms with E-state index in [0.717, 1.165) is 24.8 Å². The van der Waals surface area contributed by atoms with Gasteiger partial charge in [0, 0.05) is 11.4 Å². The van der Waals surface area contributed by atoms with Crippen LogP contribution >= 0.6 is 0 Å². The Kier molecular flexibility index (Phi) is 2.87. The summed E-state index contributed by atoms with van der Waals surface area (Å²) in [7, 11) is -1.46. The maximum Gasteiger partial charge on any atom is 0.230 e. The van der Waals surface area contributed by atoms with Gasteiger partial charge >= 0.3 is 0 Å². The summed E-state index contributed by atoms with van der Waals surface area (Å²) in [6.45, 7) is 1.03. The molecule has 70 valence electrons. The molecule has 1 aliphatic rings. The van der Waals surface area contributed by atoms with Crippen molar-refractivity contribution in [3.8, 4) is 0 Å². The van der Waals surface area contributed by atoms with Gasteiger partial charge in [0.1, 0.15) is 0 Å². The molecule has 1 atom stereocenters. The monoisotopic (exact) mass is 190 g/mol. The Morgan fingerprint density at radius 1 is 1.58 bits per heavy atom. The van der Waals surface area contributed by atoms with Crippen molar-refractivity contribution in [2.75, 3.05) is 13.6 Å². The number of sulfonamides is 1. The SMILES string of the molecule is CN1CCCC1C=CS(N)(=O)=O. The van der Waals surface area contributed by atoms with Crippen molar-refractivity contribution in [1.29, 1.82) is 0 Å². The molecule has 0 aromatic heterocycles. The molecule has 1 unspecified atom stereocenters.